The summed E-state index contributed by atoms with van der Waals surface area (Å²) in [5, 5.41) is 7.06. The van der Waals surface area contributed by atoms with E-state index in [2.05, 4.69) is 20.6 Å². The lowest BCUT2D eigenvalue weighted by Gasteiger charge is -2.15. The number of amides is 1. The Morgan fingerprint density at radius 1 is 1.00 bits per heavy atom. The van der Waals surface area contributed by atoms with Gasteiger partial charge in [-0.3, -0.25) is 4.79 Å². The summed E-state index contributed by atoms with van der Waals surface area (Å²) in [5.74, 6) is 1.01. The van der Waals surface area contributed by atoms with Gasteiger partial charge in [0.1, 0.15) is 22.6 Å². The van der Waals surface area contributed by atoms with Gasteiger partial charge in [-0.15, -0.1) is 0 Å². The highest BCUT2D eigenvalue weighted by molar-refractivity contribution is 6.35. The van der Waals surface area contributed by atoms with Crippen molar-refractivity contribution in [2.24, 2.45) is 0 Å². The molecule has 0 fully saturated rings. The minimum Gasteiger partial charge on any atom is -0.438 e. The van der Waals surface area contributed by atoms with Gasteiger partial charge in [0.05, 0.1) is 10.0 Å². The molecule has 3 aromatic rings. The zero-order valence-electron chi connectivity index (χ0n) is 14.6. The van der Waals surface area contributed by atoms with E-state index in [9.17, 15) is 4.79 Å². The van der Waals surface area contributed by atoms with Gasteiger partial charge in [0.2, 0.25) is 11.8 Å². The van der Waals surface area contributed by atoms with Crippen LogP contribution in [0.5, 0.6) is 11.6 Å². The summed E-state index contributed by atoms with van der Waals surface area (Å²) in [6.07, 6.45) is 2.92. The number of hydrogen-bond acceptors (Lipinski definition) is 5. The van der Waals surface area contributed by atoms with Crippen LogP contribution in [0.1, 0.15) is 6.92 Å². The van der Waals surface area contributed by atoms with E-state index in [4.69, 9.17) is 39.5 Å². The van der Waals surface area contributed by atoms with Gasteiger partial charge in [-0.1, -0.05) is 34.8 Å². The van der Waals surface area contributed by atoms with Gasteiger partial charge < -0.3 is 15.4 Å². The molecule has 0 spiro atoms. The lowest BCUT2D eigenvalue weighted by molar-refractivity contribution is -0.116. The summed E-state index contributed by atoms with van der Waals surface area (Å²) in [4.78, 5) is 20.4. The maximum Gasteiger partial charge on any atom is 0.247 e. The first-order valence-corrected chi connectivity index (χ1v) is 9.32. The Bertz CT molecular complexity index is 966. The number of rotatable bonds is 6. The lowest BCUT2D eigenvalue weighted by Crippen LogP contribution is -2.32. The Morgan fingerprint density at radius 2 is 1.71 bits per heavy atom. The van der Waals surface area contributed by atoms with E-state index in [0.717, 1.165) is 5.69 Å². The second-order valence-corrected chi connectivity index (χ2v) is 7.06. The zero-order chi connectivity index (χ0) is 20.1. The van der Waals surface area contributed by atoms with Crippen molar-refractivity contribution in [1.29, 1.82) is 0 Å². The Morgan fingerprint density at radius 3 is 2.36 bits per heavy atom. The summed E-state index contributed by atoms with van der Waals surface area (Å²) in [6.45, 7) is 1.74. The smallest absolute Gasteiger partial charge is 0.247 e. The van der Waals surface area contributed by atoms with Crippen molar-refractivity contribution >= 4 is 52.2 Å². The number of hydrogen-bond donors (Lipinski definition) is 2. The normalized spacial score (nSPS) is 11.6. The summed E-state index contributed by atoms with van der Waals surface area (Å²) < 4.78 is 5.63. The third-order valence-corrected chi connectivity index (χ3v) is 4.30. The molecule has 0 bridgehead atoms. The van der Waals surface area contributed by atoms with Gasteiger partial charge >= 0.3 is 0 Å². The number of anilines is 2. The quantitative estimate of drug-likeness (QED) is 0.520. The van der Waals surface area contributed by atoms with Gasteiger partial charge in [-0.05, 0) is 49.4 Å². The van der Waals surface area contributed by atoms with Crippen LogP contribution in [0.3, 0.4) is 0 Å². The molecule has 2 N–H and O–H groups in total. The molecule has 3 rings (SSSR count). The van der Waals surface area contributed by atoms with E-state index in [1.165, 1.54) is 12.4 Å². The SMILES string of the molecule is CC(Nc1ccc(Oc2ncc(Cl)cc2Cl)cc1)C(=O)Nc1ccc(Cl)cn1. The standard InChI is InChI=1S/C19H15Cl3N4O2/c1-11(18(27)26-17-7-2-12(20)9-23-17)25-14-3-5-15(6-4-14)28-19-16(22)8-13(21)10-24-19/h2-11,25H,1H3,(H,23,26,27). The average Bonchev–Trinajstić information content (AvgIpc) is 2.67. The third-order valence-electron chi connectivity index (χ3n) is 3.60. The highest BCUT2D eigenvalue weighted by atomic mass is 35.5. The molecule has 1 unspecified atom stereocenters. The van der Waals surface area contributed by atoms with Crippen molar-refractivity contribution in [3.63, 3.8) is 0 Å². The number of aromatic nitrogens is 2. The molecule has 0 saturated heterocycles. The molecule has 0 aliphatic carbocycles. The van der Waals surface area contributed by atoms with Crippen molar-refractivity contribution in [2.45, 2.75) is 13.0 Å². The molecule has 2 aromatic heterocycles. The molecule has 0 radical (unpaired) electrons. The van der Waals surface area contributed by atoms with Gasteiger partial charge in [-0.2, -0.15) is 0 Å². The van der Waals surface area contributed by atoms with Crippen molar-refractivity contribution in [3.05, 3.63) is 69.9 Å². The zero-order valence-corrected chi connectivity index (χ0v) is 16.9. The number of ether oxygens (including phenoxy) is 1. The number of benzene rings is 1. The number of halogens is 3. The third kappa shape index (κ3) is 5.48. The highest BCUT2D eigenvalue weighted by Crippen LogP contribution is 2.29. The molecular weight excluding hydrogens is 423 g/mol. The van der Waals surface area contributed by atoms with Crippen LogP contribution in [0, 0.1) is 0 Å². The predicted molar refractivity (Wildman–Crippen MR) is 112 cm³/mol. The number of carbonyl (C=O) groups is 1. The fourth-order valence-corrected chi connectivity index (χ4v) is 2.74. The Labute approximate surface area is 176 Å². The molecule has 6 nitrogen and oxygen atoms in total. The first-order chi connectivity index (χ1) is 13.4. The number of carbonyl (C=O) groups excluding carboxylic acids is 1. The lowest BCUT2D eigenvalue weighted by atomic mass is 10.2. The predicted octanol–water partition coefficient (Wildman–Crippen LogP) is 5.67. The van der Waals surface area contributed by atoms with Crippen molar-refractivity contribution < 1.29 is 9.53 Å². The molecule has 0 aliphatic rings. The molecule has 1 atom stereocenters. The molecule has 1 amide bonds. The summed E-state index contributed by atoms with van der Waals surface area (Å²) in [7, 11) is 0. The number of nitrogens with one attached hydrogen (secondary N) is 2. The maximum atomic E-state index is 12.3. The molecule has 2 heterocycles. The first-order valence-electron chi connectivity index (χ1n) is 8.18. The monoisotopic (exact) mass is 436 g/mol. The molecule has 0 saturated carbocycles. The van der Waals surface area contributed by atoms with E-state index in [0.29, 0.717) is 26.6 Å². The number of pyridine rings is 2. The minimum atomic E-state index is -0.489. The second kappa shape index (κ2) is 9.10. The van der Waals surface area contributed by atoms with E-state index in [1.807, 2.05) is 0 Å². The summed E-state index contributed by atoms with van der Waals surface area (Å²) in [5.41, 5.74) is 0.745. The first kappa shape index (κ1) is 20.2. The topological polar surface area (TPSA) is 76.1 Å². The van der Waals surface area contributed by atoms with Gasteiger partial charge in [0.25, 0.3) is 0 Å². The van der Waals surface area contributed by atoms with Crippen molar-refractivity contribution in [2.75, 3.05) is 10.6 Å². The minimum absolute atomic E-state index is 0.229. The largest absolute Gasteiger partial charge is 0.438 e. The van der Waals surface area contributed by atoms with Crippen LogP contribution in [-0.4, -0.2) is 21.9 Å². The van der Waals surface area contributed by atoms with Crippen molar-refractivity contribution in [1.82, 2.24) is 9.97 Å². The molecular formula is C19H15Cl3N4O2. The molecule has 28 heavy (non-hydrogen) atoms. The molecule has 144 valence electrons. The van der Waals surface area contributed by atoms with Gasteiger partial charge in [0.15, 0.2) is 0 Å². The van der Waals surface area contributed by atoms with E-state index < -0.39 is 6.04 Å². The molecule has 0 aliphatic heterocycles. The maximum absolute atomic E-state index is 12.3. The Hall–Kier alpha value is -2.54. The van der Waals surface area contributed by atoms with E-state index >= 15 is 0 Å². The Balaban J connectivity index is 1.58. The van der Waals surface area contributed by atoms with Crippen LogP contribution in [-0.2, 0) is 4.79 Å². The molecule has 9 heteroatoms. The average molecular weight is 438 g/mol. The molecule has 1 aromatic carbocycles. The fraction of sp³-hybridized carbons (Fsp3) is 0.105. The van der Waals surface area contributed by atoms with Crippen molar-refractivity contribution in [3.8, 4) is 11.6 Å². The fourth-order valence-electron chi connectivity index (χ4n) is 2.21. The van der Waals surface area contributed by atoms with Gasteiger partial charge in [-0.25, -0.2) is 9.97 Å². The summed E-state index contributed by atoms with van der Waals surface area (Å²) >= 11 is 17.7. The van der Waals surface area contributed by atoms with E-state index in [1.54, 1.807) is 49.4 Å². The number of nitrogens with zero attached hydrogens (tertiary/aromatic N) is 2. The van der Waals surface area contributed by atoms with E-state index in [-0.39, 0.29) is 11.8 Å². The van der Waals surface area contributed by atoms with Crippen LogP contribution in [0.4, 0.5) is 11.5 Å². The second-order valence-electron chi connectivity index (χ2n) is 5.78. The Kier molecular flexibility index (Phi) is 6.57. The highest BCUT2D eigenvalue weighted by Gasteiger charge is 2.13. The van der Waals surface area contributed by atoms with Gasteiger partial charge in [0, 0.05) is 18.1 Å². The van der Waals surface area contributed by atoms with Crippen LogP contribution < -0.4 is 15.4 Å². The van der Waals surface area contributed by atoms with Crippen LogP contribution in [0.2, 0.25) is 15.1 Å². The van der Waals surface area contributed by atoms with Crippen LogP contribution in [0.25, 0.3) is 0 Å². The van der Waals surface area contributed by atoms with Crippen LogP contribution in [0.15, 0.2) is 54.9 Å². The summed E-state index contributed by atoms with van der Waals surface area (Å²) in [6, 6.07) is 11.4. The van der Waals surface area contributed by atoms with Crippen LogP contribution >= 0.6 is 34.8 Å².